The fourth-order valence-electron chi connectivity index (χ4n) is 2.26. The van der Waals surface area contributed by atoms with Crippen LogP contribution in [0.25, 0.3) is 0 Å². The Morgan fingerprint density at radius 2 is 1.78 bits per heavy atom. The van der Waals surface area contributed by atoms with Gasteiger partial charge in [0.25, 0.3) is 5.91 Å². The molecule has 0 heterocycles. The minimum Gasteiger partial charge on any atom is -0.449 e. The minimum absolute atomic E-state index is 0.0401. The molecule has 0 bridgehead atoms. The summed E-state index contributed by atoms with van der Waals surface area (Å²) in [5, 5.41) is 2.67. The van der Waals surface area contributed by atoms with E-state index < -0.39 is 28.0 Å². The topological polar surface area (TPSA) is 102 Å². The standard InChI is InChI=1S/C19H22N2O5S/c1-4-14-8-10-16(11-9-14)21-18(22)13(2)26-19(23)15-6-5-7-17(12-15)27(24,25)20-3/h5-13,20H,4H2,1-3H3,(H,21,22)/t13-/m1/s1. The van der Waals surface area contributed by atoms with E-state index in [4.69, 9.17) is 4.74 Å². The molecule has 2 aromatic carbocycles. The molecule has 2 rings (SSSR count). The second-order valence-electron chi connectivity index (χ2n) is 5.82. The smallest absolute Gasteiger partial charge is 0.338 e. The first-order valence-electron chi connectivity index (χ1n) is 8.41. The average Bonchev–Trinajstić information content (AvgIpc) is 2.68. The minimum atomic E-state index is -3.68. The van der Waals surface area contributed by atoms with Crippen LogP contribution >= 0.6 is 0 Å². The number of rotatable bonds is 7. The van der Waals surface area contributed by atoms with Gasteiger partial charge in [-0.15, -0.1) is 0 Å². The lowest BCUT2D eigenvalue weighted by molar-refractivity contribution is -0.123. The van der Waals surface area contributed by atoms with Crippen molar-refractivity contribution in [3.63, 3.8) is 0 Å². The second-order valence-corrected chi connectivity index (χ2v) is 7.71. The first-order valence-corrected chi connectivity index (χ1v) is 9.89. The predicted molar refractivity (Wildman–Crippen MR) is 102 cm³/mol. The van der Waals surface area contributed by atoms with Gasteiger partial charge >= 0.3 is 5.97 Å². The van der Waals surface area contributed by atoms with Gasteiger partial charge in [-0.2, -0.15) is 0 Å². The number of anilines is 1. The summed E-state index contributed by atoms with van der Waals surface area (Å²) in [6, 6.07) is 12.8. The Morgan fingerprint density at radius 1 is 1.11 bits per heavy atom. The summed E-state index contributed by atoms with van der Waals surface area (Å²) in [6.07, 6.45) is -0.155. The van der Waals surface area contributed by atoms with E-state index in [1.165, 1.54) is 38.2 Å². The van der Waals surface area contributed by atoms with Crippen LogP contribution in [0.3, 0.4) is 0 Å². The molecule has 0 aliphatic heterocycles. The maximum absolute atomic E-state index is 12.2. The van der Waals surface area contributed by atoms with Gasteiger partial charge in [0.2, 0.25) is 10.0 Å². The molecule has 2 aromatic rings. The molecule has 0 fully saturated rings. The zero-order valence-electron chi connectivity index (χ0n) is 15.4. The van der Waals surface area contributed by atoms with E-state index in [0.717, 1.165) is 12.0 Å². The van der Waals surface area contributed by atoms with Gasteiger partial charge in [-0.25, -0.2) is 17.9 Å². The third-order valence-electron chi connectivity index (χ3n) is 3.93. The Balaban J connectivity index is 2.04. The van der Waals surface area contributed by atoms with Crippen LogP contribution in [0.15, 0.2) is 53.4 Å². The number of hydrogen-bond donors (Lipinski definition) is 2. The van der Waals surface area contributed by atoms with Gasteiger partial charge in [-0.3, -0.25) is 4.79 Å². The van der Waals surface area contributed by atoms with E-state index in [2.05, 4.69) is 10.0 Å². The maximum Gasteiger partial charge on any atom is 0.338 e. The molecule has 0 unspecified atom stereocenters. The van der Waals surface area contributed by atoms with Crippen molar-refractivity contribution < 1.29 is 22.7 Å². The molecular formula is C19H22N2O5S. The van der Waals surface area contributed by atoms with Crippen LogP contribution in [0.2, 0.25) is 0 Å². The average molecular weight is 390 g/mol. The van der Waals surface area contributed by atoms with Crippen LogP contribution in [0.4, 0.5) is 5.69 Å². The van der Waals surface area contributed by atoms with Crippen LogP contribution in [0, 0.1) is 0 Å². The van der Waals surface area contributed by atoms with Crippen LogP contribution < -0.4 is 10.0 Å². The highest BCUT2D eigenvalue weighted by atomic mass is 32.2. The van der Waals surface area contributed by atoms with E-state index >= 15 is 0 Å². The molecule has 0 saturated carbocycles. The van der Waals surface area contributed by atoms with Crippen molar-refractivity contribution >= 4 is 27.6 Å². The van der Waals surface area contributed by atoms with Crippen LogP contribution in [0.5, 0.6) is 0 Å². The summed E-state index contributed by atoms with van der Waals surface area (Å²) in [5.74, 6) is -1.27. The van der Waals surface area contributed by atoms with Crippen LogP contribution in [-0.2, 0) is 26.0 Å². The van der Waals surface area contributed by atoms with Gasteiger partial charge in [-0.1, -0.05) is 25.1 Å². The molecule has 0 aliphatic carbocycles. The van der Waals surface area contributed by atoms with E-state index in [1.54, 1.807) is 12.1 Å². The van der Waals surface area contributed by atoms with Gasteiger partial charge in [0.05, 0.1) is 10.5 Å². The molecule has 0 aliphatic rings. The molecule has 1 amide bonds. The highest BCUT2D eigenvalue weighted by Crippen LogP contribution is 2.14. The number of ether oxygens (including phenoxy) is 1. The normalized spacial score (nSPS) is 12.3. The number of hydrogen-bond acceptors (Lipinski definition) is 5. The molecule has 1 atom stereocenters. The number of benzene rings is 2. The Morgan fingerprint density at radius 3 is 2.37 bits per heavy atom. The summed E-state index contributed by atoms with van der Waals surface area (Å²) in [6.45, 7) is 3.48. The van der Waals surface area contributed by atoms with Crippen molar-refractivity contribution in [2.75, 3.05) is 12.4 Å². The fourth-order valence-corrected chi connectivity index (χ4v) is 3.03. The molecule has 0 aromatic heterocycles. The molecule has 27 heavy (non-hydrogen) atoms. The van der Waals surface area contributed by atoms with Gasteiger partial charge in [0.1, 0.15) is 0 Å². The van der Waals surface area contributed by atoms with Crippen molar-refractivity contribution in [3.05, 3.63) is 59.7 Å². The molecule has 0 radical (unpaired) electrons. The number of sulfonamides is 1. The largest absolute Gasteiger partial charge is 0.449 e. The lowest BCUT2D eigenvalue weighted by Crippen LogP contribution is -2.30. The second kappa shape index (κ2) is 8.79. The number of aryl methyl sites for hydroxylation is 1. The summed E-state index contributed by atoms with van der Waals surface area (Å²) < 4.78 is 31.0. The van der Waals surface area contributed by atoms with Crippen molar-refractivity contribution in [1.82, 2.24) is 4.72 Å². The molecular weight excluding hydrogens is 368 g/mol. The highest BCUT2D eigenvalue weighted by Gasteiger charge is 2.20. The highest BCUT2D eigenvalue weighted by molar-refractivity contribution is 7.89. The number of esters is 1. The van der Waals surface area contributed by atoms with E-state index in [1.807, 2.05) is 19.1 Å². The predicted octanol–water partition coefficient (Wildman–Crippen LogP) is 2.34. The lowest BCUT2D eigenvalue weighted by Gasteiger charge is -2.14. The fraction of sp³-hybridized carbons (Fsp3) is 0.263. The monoisotopic (exact) mass is 390 g/mol. The molecule has 8 heteroatoms. The zero-order chi connectivity index (χ0) is 20.0. The molecule has 144 valence electrons. The maximum atomic E-state index is 12.2. The number of amides is 1. The summed E-state index contributed by atoms with van der Waals surface area (Å²) in [4.78, 5) is 24.4. The molecule has 0 saturated heterocycles. The summed E-state index contributed by atoms with van der Waals surface area (Å²) in [7, 11) is -2.41. The first-order chi connectivity index (χ1) is 12.8. The molecule has 7 nitrogen and oxygen atoms in total. The third kappa shape index (κ3) is 5.38. The molecule has 0 spiro atoms. The summed E-state index contributed by atoms with van der Waals surface area (Å²) in [5.41, 5.74) is 1.78. The van der Waals surface area contributed by atoms with Crippen LogP contribution in [-0.4, -0.2) is 33.4 Å². The lowest BCUT2D eigenvalue weighted by atomic mass is 10.1. The third-order valence-corrected chi connectivity index (χ3v) is 5.34. The Labute approximate surface area is 158 Å². The Kier molecular flexibility index (Phi) is 6.70. The molecule has 2 N–H and O–H groups in total. The van der Waals surface area contributed by atoms with Gasteiger partial charge in [-0.05, 0) is 56.3 Å². The van der Waals surface area contributed by atoms with Gasteiger partial charge < -0.3 is 10.1 Å². The van der Waals surface area contributed by atoms with Crippen molar-refractivity contribution in [2.45, 2.75) is 31.3 Å². The number of nitrogens with one attached hydrogen (secondary N) is 2. The van der Waals surface area contributed by atoms with Crippen LogP contribution in [0.1, 0.15) is 29.8 Å². The number of carbonyl (C=O) groups is 2. The summed E-state index contributed by atoms with van der Waals surface area (Å²) >= 11 is 0. The van der Waals surface area contributed by atoms with Crippen molar-refractivity contribution in [1.29, 1.82) is 0 Å². The van der Waals surface area contributed by atoms with E-state index in [9.17, 15) is 18.0 Å². The van der Waals surface area contributed by atoms with Crippen molar-refractivity contribution in [2.24, 2.45) is 0 Å². The first kappa shape index (κ1) is 20.6. The van der Waals surface area contributed by atoms with E-state index in [0.29, 0.717) is 5.69 Å². The Hall–Kier alpha value is -2.71. The quantitative estimate of drug-likeness (QED) is 0.707. The SMILES string of the molecule is CCc1ccc(NC(=O)[C@@H](C)OC(=O)c2cccc(S(=O)(=O)NC)c2)cc1. The Bertz CT molecular complexity index is 923. The van der Waals surface area contributed by atoms with E-state index in [-0.39, 0.29) is 10.5 Å². The number of carbonyl (C=O) groups excluding carboxylic acids is 2. The van der Waals surface area contributed by atoms with Crippen molar-refractivity contribution in [3.8, 4) is 0 Å². The van der Waals surface area contributed by atoms with Gasteiger partial charge in [0, 0.05) is 5.69 Å². The zero-order valence-corrected chi connectivity index (χ0v) is 16.2. The van der Waals surface area contributed by atoms with Gasteiger partial charge in [0.15, 0.2) is 6.10 Å².